The normalized spacial score (nSPS) is 11.9. The fourth-order valence-electron chi connectivity index (χ4n) is 1.74. The van der Waals surface area contributed by atoms with E-state index in [1.165, 1.54) is 0 Å². The summed E-state index contributed by atoms with van der Waals surface area (Å²) in [7, 11) is -3.09. The summed E-state index contributed by atoms with van der Waals surface area (Å²) < 4.78 is 29.2. The lowest BCUT2D eigenvalue weighted by molar-refractivity contribution is 0.336. The Balaban J connectivity index is 2.68. The number of ether oxygens (including phenoxy) is 1. The largest absolute Gasteiger partial charge is 0.492 e. The van der Waals surface area contributed by atoms with E-state index in [-0.39, 0.29) is 17.6 Å². The lowest BCUT2D eigenvalue weighted by Gasteiger charge is -2.14. The van der Waals surface area contributed by atoms with Crippen molar-refractivity contribution in [3.63, 3.8) is 0 Å². The molecule has 0 saturated carbocycles. The van der Waals surface area contributed by atoms with Crippen molar-refractivity contribution >= 4 is 21.4 Å². The van der Waals surface area contributed by atoms with E-state index in [4.69, 9.17) is 16.3 Å². The molecule has 0 aliphatic heterocycles. The molecule has 1 aromatic carbocycles. The zero-order valence-corrected chi connectivity index (χ0v) is 14.4. The molecule has 0 bridgehead atoms. The van der Waals surface area contributed by atoms with Gasteiger partial charge in [0.15, 0.2) is 9.84 Å². The third kappa shape index (κ3) is 5.85. The lowest BCUT2D eigenvalue weighted by Crippen LogP contribution is -2.22. The first-order chi connectivity index (χ1) is 9.88. The van der Waals surface area contributed by atoms with E-state index in [1.54, 1.807) is 19.9 Å². The molecular formula is C15H24ClNO3S. The third-order valence-electron chi connectivity index (χ3n) is 3.15. The van der Waals surface area contributed by atoms with Gasteiger partial charge in [0.2, 0.25) is 0 Å². The summed E-state index contributed by atoms with van der Waals surface area (Å²) >= 11 is 6.19. The molecule has 0 aromatic heterocycles. The minimum atomic E-state index is -3.09. The van der Waals surface area contributed by atoms with E-state index in [9.17, 15) is 8.42 Å². The van der Waals surface area contributed by atoms with E-state index in [0.717, 1.165) is 18.5 Å². The van der Waals surface area contributed by atoms with Crippen LogP contribution in [-0.2, 0) is 16.4 Å². The van der Waals surface area contributed by atoms with Gasteiger partial charge in [-0.2, -0.15) is 0 Å². The van der Waals surface area contributed by atoms with E-state index in [0.29, 0.717) is 17.3 Å². The van der Waals surface area contributed by atoms with Crippen LogP contribution in [0, 0.1) is 0 Å². The van der Waals surface area contributed by atoms with Crippen LogP contribution < -0.4 is 10.1 Å². The van der Waals surface area contributed by atoms with Gasteiger partial charge in [-0.05, 0) is 38.9 Å². The van der Waals surface area contributed by atoms with Gasteiger partial charge in [-0.15, -0.1) is 0 Å². The SMILES string of the molecule is CCCNCc1c(Cl)cccc1OCCS(=O)(=O)C(C)C. The minimum Gasteiger partial charge on any atom is -0.492 e. The van der Waals surface area contributed by atoms with Crippen molar-refractivity contribution in [3.05, 3.63) is 28.8 Å². The summed E-state index contributed by atoms with van der Waals surface area (Å²) in [5.74, 6) is 0.656. The molecule has 1 aromatic rings. The van der Waals surface area contributed by atoms with Crippen LogP contribution >= 0.6 is 11.6 Å². The summed E-state index contributed by atoms with van der Waals surface area (Å²) in [4.78, 5) is 0. The fraction of sp³-hybridized carbons (Fsp3) is 0.600. The summed E-state index contributed by atoms with van der Waals surface area (Å²) in [6.45, 7) is 7.09. The van der Waals surface area contributed by atoms with Gasteiger partial charge >= 0.3 is 0 Å². The highest BCUT2D eigenvalue weighted by atomic mass is 35.5. The van der Waals surface area contributed by atoms with Crippen molar-refractivity contribution in [3.8, 4) is 5.75 Å². The Kier molecular flexibility index (Phi) is 7.49. The molecule has 0 fully saturated rings. The number of rotatable bonds is 9. The van der Waals surface area contributed by atoms with Crippen LogP contribution in [-0.4, -0.2) is 32.6 Å². The summed E-state index contributed by atoms with van der Waals surface area (Å²) in [6, 6.07) is 5.43. The van der Waals surface area contributed by atoms with Gasteiger partial charge in [0.05, 0.1) is 11.0 Å². The molecule has 0 saturated heterocycles. The molecule has 4 nitrogen and oxygen atoms in total. The van der Waals surface area contributed by atoms with Gasteiger partial charge in [-0.3, -0.25) is 0 Å². The van der Waals surface area contributed by atoms with E-state index < -0.39 is 9.84 Å². The quantitative estimate of drug-likeness (QED) is 0.706. The third-order valence-corrected chi connectivity index (χ3v) is 5.67. The van der Waals surface area contributed by atoms with Gasteiger partial charge in [0.25, 0.3) is 0 Å². The first kappa shape index (κ1) is 18.3. The Bertz CT molecular complexity index is 544. The van der Waals surface area contributed by atoms with Crippen molar-refractivity contribution < 1.29 is 13.2 Å². The summed E-state index contributed by atoms with van der Waals surface area (Å²) in [5, 5.41) is 3.52. The smallest absolute Gasteiger partial charge is 0.155 e. The molecule has 0 radical (unpaired) electrons. The second kappa shape index (κ2) is 8.61. The highest BCUT2D eigenvalue weighted by Gasteiger charge is 2.16. The molecule has 21 heavy (non-hydrogen) atoms. The van der Waals surface area contributed by atoms with Crippen LogP contribution in [0.5, 0.6) is 5.75 Å². The Morgan fingerprint density at radius 1 is 1.33 bits per heavy atom. The number of benzene rings is 1. The second-order valence-electron chi connectivity index (χ2n) is 5.16. The first-order valence-corrected chi connectivity index (χ1v) is 9.30. The van der Waals surface area contributed by atoms with Crippen molar-refractivity contribution in [1.82, 2.24) is 5.32 Å². The molecule has 0 spiro atoms. The zero-order valence-electron chi connectivity index (χ0n) is 12.9. The molecule has 0 atom stereocenters. The van der Waals surface area contributed by atoms with E-state index >= 15 is 0 Å². The average molecular weight is 334 g/mol. The van der Waals surface area contributed by atoms with Gasteiger partial charge in [-0.25, -0.2) is 8.42 Å². The molecule has 0 amide bonds. The number of hydrogen-bond acceptors (Lipinski definition) is 4. The molecule has 6 heteroatoms. The van der Waals surface area contributed by atoms with Gasteiger partial charge in [0.1, 0.15) is 12.4 Å². The maximum atomic E-state index is 11.8. The van der Waals surface area contributed by atoms with E-state index in [2.05, 4.69) is 12.2 Å². The highest BCUT2D eigenvalue weighted by Crippen LogP contribution is 2.26. The second-order valence-corrected chi connectivity index (χ2v) is 8.24. The molecule has 0 aliphatic carbocycles. The number of hydrogen-bond donors (Lipinski definition) is 1. The van der Waals surface area contributed by atoms with Crippen molar-refractivity contribution in [1.29, 1.82) is 0 Å². The van der Waals surface area contributed by atoms with Crippen LogP contribution in [0.15, 0.2) is 18.2 Å². The topological polar surface area (TPSA) is 55.4 Å². The molecular weight excluding hydrogens is 310 g/mol. The average Bonchev–Trinajstić information content (AvgIpc) is 2.41. The molecule has 1 N–H and O–H groups in total. The van der Waals surface area contributed by atoms with E-state index in [1.807, 2.05) is 12.1 Å². The molecule has 0 aliphatic rings. The Morgan fingerprint density at radius 2 is 2.05 bits per heavy atom. The summed E-state index contributed by atoms with van der Waals surface area (Å²) in [6.07, 6.45) is 1.03. The van der Waals surface area contributed by atoms with Gasteiger partial charge < -0.3 is 10.1 Å². The van der Waals surface area contributed by atoms with Gasteiger partial charge in [0, 0.05) is 17.1 Å². The fourth-order valence-corrected chi connectivity index (χ4v) is 2.76. The van der Waals surface area contributed by atoms with Crippen LogP contribution in [0.1, 0.15) is 32.8 Å². The first-order valence-electron chi connectivity index (χ1n) is 7.21. The van der Waals surface area contributed by atoms with Crippen LogP contribution in [0.2, 0.25) is 5.02 Å². The van der Waals surface area contributed by atoms with Crippen molar-refractivity contribution in [2.75, 3.05) is 18.9 Å². The number of nitrogens with one attached hydrogen (secondary N) is 1. The monoisotopic (exact) mass is 333 g/mol. The Morgan fingerprint density at radius 3 is 2.67 bits per heavy atom. The molecule has 1 rings (SSSR count). The Labute approximate surface area is 132 Å². The maximum Gasteiger partial charge on any atom is 0.155 e. The zero-order chi connectivity index (χ0) is 15.9. The number of halogens is 1. The minimum absolute atomic E-state index is 0.0129. The predicted molar refractivity (Wildman–Crippen MR) is 87.9 cm³/mol. The summed E-state index contributed by atoms with van der Waals surface area (Å²) in [5.41, 5.74) is 0.870. The van der Waals surface area contributed by atoms with Crippen LogP contribution in [0.25, 0.3) is 0 Å². The molecule has 120 valence electrons. The van der Waals surface area contributed by atoms with Crippen molar-refractivity contribution in [2.24, 2.45) is 0 Å². The standard InChI is InChI=1S/C15H24ClNO3S/c1-4-8-17-11-13-14(16)6-5-7-15(13)20-9-10-21(18,19)12(2)3/h5-7,12,17H,4,8-11H2,1-3H3. The maximum absolute atomic E-state index is 11.8. The highest BCUT2D eigenvalue weighted by molar-refractivity contribution is 7.91. The van der Waals surface area contributed by atoms with Crippen molar-refractivity contribution in [2.45, 2.75) is 39.0 Å². The molecule has 0 heterocycles. The number of sulfone groups is 1. The lowest BCUT2D eigenvalue weighted by atomic mass is 10.2. The van der Waals surface area contributed by atoms with Crippen LogP contribution in [0.4, 0.5) is 0 Å². The predicted octanol–water partition coefficient (Wildman–Crippen LogP) is 3.04. The van der Waals surface area contributed by atoms with Crippen LogP contribution in [0.3, 0.4) is 0 Å². The Hall–Kier alpha value is -0.780. The van der Waals surface area contributed by atoms with Gasteiger partial charge in [-0.1, -0.05) is 24.6 Å². The molecule has 0 unspecified atom stereocenters.